The third-order valence-corrected chi connectivity index (χ3v) is 4.65. The van der Waals surface area contributed by atoms with Crippen molar-refractivity contribution in [1.29, 1.82) is 0 Å². The van der Waals surface area contributed by atoms with Crippen LogP contribution in [0.15, 0.2) is 130 Å². The fourth-order valence-electron chi connectivity index (χ4n) is 3.00. The molecule has 0 bridgehead atoms. The van der Waals surface area contributed by atoms with E-state index in [0.29, 0.717) is 0 Å². The van der Waals surface area contributed by atoms with E-state index in [2.05, 4.69) is 39.5 Å². The van der Waals surface area contributed by atoms with Crippen LogP contribution in [0.2, 0.25) is 0 Å². The Morgan fingerprint density at radius 1 is 0.516 bits per heavy atom. The molecule has 0 amide bonds. The number of rotatable bonds is 6. The van der Waals surface area contributed by atoms with Gasteiger partial charge in [-0.05, 0) is 72.2 Å². The minimum absolute atomic E-state index is 0.821. The molecule has 0 saturated carbocycles. The van der Waals surface area contributed by atoms with Crippen molar-refractivity contribution in [2.75, 3.05) is 0 Å². The van der Waals surface area contributed by atoms with E-state index in [1.807, 2.05) is 103 Å². The zero-order valence-electron chi connectivity index (χ0n) is 17.3. The highest BCUT2D eigenvalue weighted by molar-refractivity contribution is 5.81. The van der Waals surface area contributed by atoms with Gasteiger partial charge in [-0.15, -0.1) is 0 Å². The zero-order valence-corrected chi connectivity index (χ0v) is 17.3. The Morgan fingerprint density at radius 2 is 1.00 bits per heavy atom. The molecule has 0 unspecified atom stereocenters. The van der Waals surface area contributed by atoms with Crippen LogP contribution in [-0.4, -0.2) is 0 Å². The van der Waals surface area contributed by atoms with Gasteiger partial charge in [0.05, 0.1) is 22.7 Å². The van der Waals surface area contributed by atoms with Crippen LogP contribution in [-0.2, 0) is 0 Å². The summed E-state index contributed by atoms with van der Waals surface area (Å²) >= 11 is 0. The maximum Gasteiger partial charge on any atom is 0.0863 e. The standard InChI is InChI=1S/C27H22N4/c1-21(23-9-8-14-27(20-23)31-29-25-12-6-3-7-13-25)19-22-15-17-26(18-16-22)30-28-24-10-4-2-5-11-24/h2-20H,1H3/b21-19+,30-28?,31-29?. The molecule has 4 rings (SSSR count). The van der Waals surface area contributed by atoms with Crippen LogP contribution in [0.25, 0.3) is 11.6 Å². The van der Waals surface area contributed by atoms with Gasteiger partial charge in [-0.1, -0.05) is 66.7 Å². The normalized spacial score (nSPS) is 12.0. The van der Waals surface area contributed by atoms with Gasteiger partial charge in [-0.2, -0.15) is 20.5 Å². The molecule has 0 aliphatic rings. The van der Waals surface area contributed by atoms with Gasteiger partial charge in [0.15, 0.2) is 0 Å². The molecule has 4 nitrogen and oxygen atoms in total. The molecular formula is C27H22N4. The largest absolute Gasteiger partial charge is 0.151 e. The first-order chi connectivity index (χ1) is 15.3. The fraction of sp³-hybridized carbons (Fsp3) is 0.0370. The second kappa shape index (κ2) is 10.0. The van der Waals surface area contributed by atoms with Crippen LogP contribution in [0, 0.1) is 0 Å². The predicted octanol–water partition coefficient (Wildman–Crippen LogP) is 9.08. The number of nitrogens with zero attached hydrogens (tertiary/aromatic N) is 4. The number of hydrogen-bond acceptors (Lipinski definition) is 4. The SMILES string of the molecule is C/C(=C\c1ccc(N=Nc2ccccc2)cc1)c1cccc(N=Nc2ccccc2)c1. The molecule has 31 heavy (non-hydrogen) atoms. The number of benzene rings is 4. The lowest BCUT2D eigenvalue weighted by Gasteiger charge is -2.04. The molecule has 0 N–H and O–H groups in total. The molecule has 0 heterocycles. The average molecular weight is 403 g/mol. The first kappa shape index (κ1) is 20.1. The van der Waals surface area contributed by atoms with Crippen molar-refractivity contribution in [3.8, 4) is 0 Å². The second-order valence-electron chi connectivity index (χ2n) is 7.04. The third kappa shape index (κ3) is 5.90. The van der Waals surface area contributed by atoms with Crippen molar-refractivity contribution in [3.05, 3.63) is 120 Å². The van der Waals surface area contributed by atoms with E-state index >= 15 is 0 Å². The van der Waals surface area contributed by atoms with Gasteiger partial charge >= 0.3 is 0 Å². The Bertz CT molecular complexity index is 1210. The summed E-state index contributed by atoms with van der Waals surface area (Å²) in [6.07, 6.45) is 2.14. The molecule has 4 aromatic rings. The second-order valence-corrected chi connectivity index (χ2v) is 7.04. The van der Waals surface area contributed by atoms with Gasteiger partial charge in [-0.25, -0.2) is 0 Å². The van der Waals surface area contributed by atoms with Crippen LogP contribution in [0.1, 0.15) is 18.1 Å². The summed E-state index contributed by atoms with van der Waals surface area (Å²) in [4.78, 5) is 0. The lowest BCUT2D eigenvalue weighted by Crippen LogP contribution is -1.80. The summed E-state index contributed by atoms with van der Waals surface area (Å²) in [5.41, 5.74) is 6.68. The van der Waals surface area contributed by atoms with Crippen molar-refractivity contribution in [3.63, 3.8) is 0 Å². The maximum atomic E-state index is 4.36. The monoisotopic (exact) mass is 402 g/mol. The summed E-state index contributed by atoms with van der Waals surface area (Å²) < 4.78 is 0. The van der Waals surface area contributed by atoms with E-state index in [1.54, 1.807) is 0 Å². The van der Waals surface area contributed by atoms with Gasteiger partial charge in [0.2, 0.25) is 0 Å². The summed E-state index contributed by atoms with van der Waals surface area (Å²) in [5.74, 6) is 0. The number of allylic oxidation sites excluding steroid dienone is 1. The predicted molar refractivity (Wildman–Crippen MR) is 128 cm³/mol. The van der Waals surface area contributed by atoms with Crippen LogP contribution in [0.3, 0.4) is 0 Å². The van der Waals surface area contributed by atoms with Crippen LogP contribution in [0.5, 0.6) is 0 Å². The Kier molecular flexibility index (Phi) is 6.51. The van der Waals surface area contributed by atoms with Crippen molar-refractivity contribution in [1.82, 2.24) is 0 Å². The Balaban J connectivity index is 1.46. The molecule has 0 fully saturated rings. The van der Waals surface area contributed by atoms with Crippen LogP contribution < -0.4 is 0 Å². The highest BCUT2D eigenvalue weighted by Gasteiger charge is 1.99. The zero-order chi connectivity index (χ0) is 21.3. The molecule has 4 aromatic carbocycles. The Morgan fingerprint density at radius 3 is 1.58 bits per heavy atom. The first-order valence-corrected chi connectivity index (χ1v) is 10.1. The Hall–Kier alpha value is -4.18. The van der Waals surface area contributed by atoms with Crippen molar-refractivity contribution >= 4 is 34.4 Å². The minimum atomic E-state index is 0.821. The van der Waals surface area contributed by atoms with E-state index in [9.17, 15) is 0 Å². The number of hydrogen-bond donors (Lipinski definition) is 0. The summed E-state index contributed by atoms with van der Waals surface area (Å²) in [6, 6.07) is 35.5. The molecule has 0 spiro atoms. The molecule has 0 aliphatic carbocycles. The van der Waals surface area contributed by atoms with E-state index in [-0.39, 0.29) is 0 Å². The summed E-state index contributed by atoms with van der Waals surface area (Å²) in [5, 5.41) is 17.2. The topological polar surface area (TPSA) is 49.4 Å². The van der Waals surface area contributed by atoms with Gasteiger partial charge in [0.1, 0.15) is 0 Å². The lowest BCUT2D eigenvalue weighted by atomic mass is 10.0. The van der Waals surface area contributed by atoms with E-state index in [4.69, 9.17) is 0 Å². The van der Waals surface area contributed by atoms with E-state index < -0.39 is 0 Å². The smallest absolute Gasteiger partial charge is 0.0863 e. The summed E-state index contributed by atoms with van der Waals surface area (Å²) in [6.45, 7) is 2.09. The quantitative estimate of drug-likeness (QED) is 0.228. The molecule has 4 heteroatoms. The summed E-state index contributed by atoms with van der Waals surface area (Å²) in [7, 11) is 0. The number of azo groups is 2. The van der Waals surface area contributed by atoms with Gasteiger partial charge in [0, 0.05) is 0 Å². The molecule has 0 radical (unpaired) electrons. The molecule has 0 atom stereocenters. The van der Waals surface area contributed by atoms with Gasteiger partial charge < -0.3 is 0 Å². The Labute approximate surface area is 182 Å². The maximum absolute atomic E-state index is 4.36. The van der Waals surface area contributed by atoms with Crippen molar-refractivity contribution in [2.24, 2.45) is 20.5 Å². The molecule has 0 saturated heterocycles. The highest BCUT2D eigenvalue weighted by Crippen LogP contribution is 2.25. The van der Waals surface area contributed by atoms with Gasteiger partial charge in [-0.3, -0.25) is 0 Å². The van der Waals surface area contributed by atoms with Crippen LogP contribution in [0.4, 0.5) is 22.7 Å². The molecular weight excluding hydrogens is 380 g/mol. The lowest BCUT2D eigenvalue weighted by molar-refractivity contribution is 1.23. The van der Waals surface area contributed by atoms with Gasteiger partial charge in [0.25, 0.3) is 0 Å². The van der Waals surface area contributed by atoms with E-state index in [1.165, 1.54) is 0 Å². The van der Waals surface area contributed by atoms with Crippen LogP contribution >= 0.6 is 0 Å². The molecule has 0 aromatic heterocycles. The molecule has 0 aliphatic heterocycles. The first-order valence-electron chi connectivity index (χ1n) is 10.1. The highest BCUT2D eigenvalue weighted by atomic mass is 15.1. The van der Waals surface area contributed by atoms with E-state index in [0.717, 1.165) is 39.4 Å². The minimum Gasteiger partial charge on any atom is -0.151 e. The fourth-order valence-corrected chi connectivity index (χ4v) is 3.00. The van der Waals surface area contributed by atoms with Crippen molar-refractivity contribution < 1.29 is 0 Å². The third-order valence-electron chi connectivity index (χ3n) is 4.65. The van der Waals surface area contributed by atoms with Crippen molar-refractivity contribution in [2.45, 2.75) is 6.92 Å². The molecule has 150 valence electrons. The average Bonchev–Trinajstić information content (AvgIpc) is 2.84.